The molecule has 30 heavy (non-hydrogen) atoms. The van der Waals surface area contributed by atoms with Gasteiger partial charge >= 0.3 is 0 Å². The lowest BCUT2D eigenvalue weighted by Gasteiger charge is -2.41. The maximum atomic E-state index is 10.9. The van der Waals surface area contributed by atoms with Crippen LogP contribution in [0.15, 0.2) is 36.4 Å². The van der Waals surface area contributed by atoms with Gasteiger partial charge in [0.2, 0.25) is 0 Å². The van der Waals surface area contributed by atoms with Gasteiger partial charge in [-0.2, -0.15) is 0 Å². The van der Waals surface area contributed by atoms with Crippen molar-refractivity contribution in [2.45, 2.75) is 24.7 Å². The largest absolute Gasteiger partial charge is 0.497 e. The Hall–Kier alpha value is -2.48. The molecule has 1 saturated heterocycles. The molecule has 5 rings (SSSR count). The van der Waals surface area contributed by atoms with Gasteiger partial charge in [-0.25, -0.2) is 0 Å². The van der Waals surface area contributed by atoms with E-state index >= 15 is 0 Å². The molecule has 160 valence electrons. The van der Waals surface area contributed by atoms with E-state index in [4.69, 9.17) is 14.2 Å². The molecule has 2 aromatic carbocycles. The molecule has 3 atom stereocenters. The van der Waals surface area contributed by atoms with Crippen LogP contribution in [0.25, 0.3) is 0 Å². The minimum atomic E-state index is -0.488. The molecule has 3 aliphatic rings. The van der Waals surface area contributed by atoms with Crippen molar-refractivity contribution in [3.05, 3.63) is 47.5 Å². The van der Waals surface area contributed by atoms with E-state index in [0.29, 0.717) is 12.4 Å². The van der Waals surface area contributed by atoms with Gasteiger partial charge in [0.25, 0.3) is 0 Å². The first-order valence-corrected chi connectivity index (χ1v) is 10.5. The number of rotatable bonds is 4. The summed E-state index contributed by atoms with van der Waals surface area (Å²) in [6, 6.07) is 12.0. The topological polar surface area (TPSA) is 74.6 Å². The number of hydrogen-bond acceptors (Lipinski definition) is 7. The van der Waals surface area contributed by atoms with E-state index in [2.05, 4.69) is 21.9 Å². The number of methoxy groups -OCH3 is 1. The van der Waals surface area contributed by atoms with E-state index in [-0.39, 0.29) is 18.8 Å². The van der Waals surface area contributed by atoms with Crippen LogP contribution in [-0.4, -0.2) is 73.8 Å². The fourth-order valence-corrected chi connectivity index (χ4v) is 4.80. The van der Waals surface area contributed by atoms with Crippen LogP contribution >= 0.6 is 0 Å². The minimum absolute atomic E-state index is 0.0552. The summed E-state index contributed by atoms with van der Waals surface area (Å²) in [5, 5.41) is 20.3. The highest BCUT2D eigenvalue weighted by molar-refractivity contribution is 5.65. The van der Waals surface area contributed by atoms with Crippen LogP contribution in [0.4, 0.5) is 5.69 Å². The molecule has 2 aliphatic heterocycles. The van der Waals surface area contributed by atoms with Gasteiger partial charge in [0.05, 0.1) is 25.5 Å². The lowest BCUT2D eigenvalue weighted by molar-refractivity contribution is 0.0452. The van der Waals surface area contributed by atoms with E-state index in [9.17, 15) is 10.2 Å². The van der Waals surface area contributed by atoms with E-state index < -0.39 is 6.10 Å². The third-order valence-corrected chi connectivity index (χ3v) is 6.46. The lowest BCUT2D eigenvalue weighted by atomic mass is 10.1. The molecule has 0 aromatic heterocycles. The van der Waals surface area contributed by atoms with Gasteiger partial charge in [-0.1, -0.05) is 12.1 Å². The van der Waals surface area contributed by atoms with Gasteiger partial charge in [0.15, 0.2) is 17.6 Å². The Balaban J connectivity index is 1.27. The SMILES string of the molecule is COc1ccc2c(c1)C(O)C(N1CCN(c3cccc4c3OCC(CO)O4)CC1)C2. The molecule has 0 spiro atoms. The summed E-state index contributed by atoms with van der Waals surface area (Å²) >= 11 is 0. The van der Waals surface area contributed by atoms with Crippen molar-refractivity contribution in [2.75, 3.05) is 51.4 Å². The first-order valence-electron chi connectivity index (χ1n) is 10.5. The van der Waals surface area contributed by atoms with Crippen molar-refractivity contribution in [2.24, 2.45) is 0 Å². The molecule has 2 aromatic rings. The van der Waals surface area contributed by atoms with Crippen LogP contribution in [0.3, 0.4) is 0 Å². The third-order valence-electron chi connectivity index (χ3n) is 6.46. The molecular weight excluding hydrogens is 384 g/mol. The summed E-state index contributed by atoms with van der Waals surface area (Å²) in [6.07, 6.45) is 0.0628. The number of anilines is 1. The van der Waals surface area contributed by atoms with Gasteiger partial charge in [0, 0.05) is 32.2 Å². The molecule has 0 radical (unpaired) electrons. The second kappa shape index (κ2) is 7.98. The Bertz CT molecular complexity index is 912. The zero-order valence-corrected chi connectivity index (χ0v) is 17.2. The lowest BCUT2D eigenvalue weighted by Crippen LogP contribution is -2.51. The smallest absolute Gasteiger partial charge is 0.184 e. The standard InChI is InChI=1S/C23H28N2O5/c1-28-16-6-5-15-11-20(22(27)18(15)12-16)25-9-7-24(8-10-25)19-3-2-4-21-23(19)29-14-17(13-26)30-21/h2-6,12,17,20,22,26-27H,7-11,13-14H2,1H3. The summed E-state index contributed by atoms with van der Waals surface area (Å²) in [5.74, 6) is 2.24. The maximum absolute atomic E-state index is 10.9. The number of aliphatic hydroxyl groups excluding tert-OH is 2. The zero-order chi connectivity index (χ0) is 20.7. The van der Waals surface area contributed by atoms with Gasteiger partial charge in [0.1, 0.15) is 12.4 Å². The van der Waals surface area contributed by atoms with E-state index in [0.717, 1.165) is 55.3 Å². The molecule has 3 unspecified atom stereocenters. The Labute approximate surface area is 176 Å². The molecule has 0 amide bonds. The second-order valence-electron chi connectivity index (χ2n) is 8.14. The summed E-state index contributed by atoms with van der Waals surface area (Å²) in [4.78, 5) is 4.71. The predicted molar refractivity (Wildman–Crippen MR) is 113 cm³/mol. The molecular formula is C23H28N2O5. The first-order chi connectivity index (χ1) is 14.7. The molecule has 7 nitrogen and oxygen atoms in total. The first kappa shape index (κ1) is 19.5. The van der Waals surface area contributed by atoms with E-state index in [1.165, 1.54) is 5.56 Å². The third kappa shape index (κ3) is 3.37. The minimum Gasteiger partial charge on any atom is -0.497 e. The summed E-state index contributed by atoms with van der Waals surface area (Å²) in [7, 11) is 1.65. The molecule has 2 N–H and O–H groups in total. The molecule has 7 heteroatoms. The summed E-state index contributed by atoms with van der Waals surface area (Å²) in [6.45, 7) is 3.75. The molecule has 0 bridgehead atoms. The van der Waals surface area contributed by atoms with Crippen LogP contribution in [0, 0.1) is 0 Å². The fourth-order valence-electron chi connectivity index (χ4n) is 4.80. The van der Waals surface area contributed by atoms with Gasteiger partial charge < -0.3 is 29.3 Å². The van der Waals surface area contributed by atoms with Crippen LogP contribution in [0.2, 0.25) is 0 Å². The number of benzene rings is 2. The highest BCUT2D eigenvalue weighted by Crippen LogP contribution is 2.42. The number of nitrogens with zero attached hydrogens (tertiary/aromatic N) is 2. The maximum Gasteiger partial charge on any atom is 0.184 e. The monoisotopic (exact) mass is 412 g/mol. The zero-order valence-electron chi connectivity index (χ0n) is 17.2. The van der Waals surface area contributed by atoms with Crippen molar-refractivity contribution in [1.82, 2.24) is 4.90 Å². The van der Waals surface area contributed by atoms with Crippen LogP contribution < -0.4 is 19.1 Å². The van der Waals surface area contributed by atoms with Gasteiger partial charge in [-0.05, 0) is 41.8 Å². The molecule has 1 aliphatic carbocycles. The normalized spacial score (nSPS) is 25.8. The highest BCUT2D eigenvalue weighted by atomic mass is 16.6. The number of hydrogen-bond donors (Lipinski definition) is 2. The van der Waals surface area contributed by atoms with Crippen molar-refractivity contribution >= 4 is 5.69 Å². The molecule has 0 saturated carbocycles. The van der Waals surface area contributed by atoms with Crippen LogP contribution in [-0.2, 0) is 6.42 Å². The van der Waals surface area contributed by atoms with Gasteiger partial charge in [-0.3, -0.25) is 4.90 Å². The Morgan fingerprint density at radius 3 is 2.73 bits per heavy atom. The quantitative estimate of drug-likeness (QED) is 0.790. The molecule has 2 heterocycles. The Morgan fingerprint density at radius 1 is 1.13 bits per heavy atom. The van der Waals surface area contributed by atoms with Crippen molar-refractivity contribution < 1.29 is 24.4 Å². The summed E-state index contributed by atoms with van der Waals surface area (Å²) < 4.78 is 17.1. The van der Waals surface area contributed by atoms with Gasteiger partial charge in [-0.15, -0.1) is 0 Å². The average molecular weight is 412 g/mol. The van der Waals surface area contributed by atoms with E-state index in [1.54, 1.807) is 7.11 Å². The van der Waals surface area contributed by atoms with E-state index in [1.807, 2.05) is 24.3 Å². The number of aliphatic hydroxyl groups is 2. The van der Waals surface area contributed by atoms with Crippen molar-refractivity contribution in [1.29, 1.82) is 0 Å². The van der Waals surface area contributed by atoms with Crippen LogP contribution in [0.1, 0.15) is 17.2 Å². The number of fused-ring (bicyclic) bond motifs is 2. The summed E-state index contributed by atoms with van der Waals surface area (Å²) in [5.41, 5.74) is 3.23. The highest BCUT2D eigenvalue weighted by Gasteiger charge is 2.37. The van der Waals surface area contributed by atoms with Crippen LogP contribution in [0.5, 0.6) is 17.2 Å². The molecule has 1 fully saturated rings. The number of piperazine rings is 1. The Morgan fingerprint density at radius 2 is 1.97 bits per heavy atom. The van der Waals surface area contributed by atoms with Crippen molar-refractivity contribution in [3.63, 3.8) is 0 Å². The predicted octanol–water partition coefficient (Wildman–Crippen LogP) is 1.61. The average Bonchev–Trinajstić information content (AvgIpc) is 3.14. The second-order valence-corrected chi connectivity index (χ2v) is 8.14. The number of ether oxygens (including phenoxy) is 3. The van der Waals surface area contributed by atoms with Crippen molar-refractivity contribution in [3.8, 4) is 17.2 Å². The number of para-hydroxylation sites is 1. The fraction of sp³-hybridized carbons (Fsp3) is 0.478. The Kier molecular flexibility index (Phi) is 5.18.